The molecule has 0 radical (unpaired) electrons. The molecule has 1 aliphatic rings. The maximum atomic E-state index is 13.0. The molecule has 0 saturated carbocycles. The molecule has 1 heterocycles. The molecule has 7 heteroatoms. The normalized spacial score (nSPS) is 22.2. The molecule has 1 saturated heterocycles. The van der Waals surface area contributed by atoms with Crippen LogP contribution in [0.2, 0.25) is 0 Å². The van der Waals surface area contributed by atoms with Gasteiger partial charge in [-0.05, 0) is 32.9 Å². The Morgan fingerprint density at radius 2 is 1.95 bits per heavy atom. The van der Waals surface area contributed by atoms with E-state index < -0.39 is 21.8 Å². The molecular weight excluding hydrogens is 294 g/mol. The van der Waals surface area contributed by atoms with E-state index >= 15 is 0 Å². The lowest BCUT2D eigenvalue weighted by molar-refractivity contribution is 0.0843. The number of methoxy groups -OCH3 is 2. The first-order valence-corrected chi connectivity index (χ1v) is 8.06. The molecule has 0 N–H and O–H groups in total. The molecule has 0 aliphatic carbocycles. The average molecular weight is 315 g/mol. The van der Waals surface area contributed by atoms with Crippen molar-refractivity contribution in [3.05, 3.63) is 18.2 Å². The average Bonchev–Trinajstić information content (AvgIpc) is 2.71. The van der Waals surface area contributed by atoms with Gasteiger partial charge in [-0.1, -0.05) is 0 Å². The zero-order valence-electron chi connectivity index (χ0n) is 12.9. The lowest BCUT2D eigenvalue weighted by Gasteiger charge is -2.31. The molecule has 0 aromatic heterocycles. The third-order valence-corrected chi connectivity index (χ3v) is 5.71. The summed E-state index contributed by atoms with van der Waals surface area (Å²) in [7, 11) is -0.786. The number of benzene rings is 1. The van der Waals surface area contributed by atoms with Crippen molar-refractivity contribution < 1.29 is 22.6 Å². The number of nitrogens with zero attached hydrogens (tertiary/aromatic N) is 1. The Hall–Kier alpha value is -1.31. The Balaban J connectivity index is 2.54. The van der Waals surface area contributed by atoms with E-state index in [9.17, 15) is 8.42 Å². The van der Waals surface area contributed by atoms with E-state index in [0.29, 0.717) is 12.4 Å². The SMILES string of the molecule is COc1ccc(S(=O)(=O)N2C(C)OCC2(C)C)c(OC)c1. The van der Waals surface area contributed by atoms with E-state index in [2.05, 4.69) is 0 Å². The summed E-state index contributed by atoms with van der Waals surface area (Å²) in [6.45, 7) is 5.75. The van der Waals surface area contributed by atoms with Gasteiger partial charge in [0.1, 0.15) is 22.6 Å². The van der Waals surface area contributed by atoms with Gasteiger partial charge in [-0.25, -0.2) is 8.42 Å². The molecule has 1 aromatic carbocycles. The largest absolute Gasteiger partial charge is 0.497 e. The second kappa shape index (κ2) is 5.47. The Kier molecular flexibility index (Phi) is 4.19. The minimum Gasteiger partial charge on any atom is -0.497 e. The predicted octanol–water partition coefficient (Wildman–Crippen LogP) is 1.85. The van der Waals surface area contributed by atoms with Crippen molar-refractivity contribution in [3.63, 3.8) is 0 Å². The van der Waals surface area contributed by atoms with E-state index in [4.69, 9.17) is 14.2 Å². The molecule has 1 aliphatic heterocycles. The van der Waals surface area contributed by atoms with Gasteiger partial charge in [0, 0.05) is 6.07 Å². The molecule has 21 heavy (non-hydrogen) atoms. The summed E-state index contributed by atoms with van der Waals surface area (Å²) in [5.74, 6) is 0.792. The standard InChI is InChI=1S/C14H21NO5S/c1-10-15(14(2,3)9-20-10)21(16,17)13-7-6-11(18-4)8-12(13)19-5/h6-8,10H,9H2,1-5H3. The van der Waals surface area contributed by atoms with Gasteiger partial charge in [0.15, 0.2) is 0 Å². The lowest BCUT2D eigenvalue weighted by atomic mass is 10.1. The van der Waals surface area contributed by atoms with Crippen molar-refractivity contribution in [3.8, 4) is 11.5 Å². The first-order valence-electron chi connectivity index (χ1n) is 6.62. The van der Waals surface area contributed by atoms with Crippen molar-refractivity contribution in [2.75, 3.05) is 20.8 Å². The van der Waals surface area contributed by atoms with E-state index in [0.717, 1.165) is 0 Å². The number of hydrogen-bond acceptors (Lipinski definition) is 5. The summed E-state index contributed by atoms with van der Waals surface area (Å²) in [6.07, 6.45) is -0.517. The molecule has 0 bridgehead atoms. The van der Waals surface area contributed by atoms with Crippen molar-refractivity contribution in [1.29, 1.82) is 0 Å². The third-order valence-electron chi connectivity index (χ3n) is 3.51. The van der Waals surface area contributed by atoms with Gasteiger partial charge in [0.05, 0.1) is 26.4 Å². The second-order valence-corrected chi connectivity index (χ2v) is 7.32. The minimum atomic E-state index is -3.74. The molecule has 0 amide bonds. The molecule has 6 nitrogen and oxygen atoms in total. The summed E-state index contributed by atoms with van der Waals surface area (Å²) in [5.41, 5.74) is -0.608. The van der Waals surface area contributed by atoms with Crippen LogP contribution in [0.4, 0.5) is 0 Å². The van der Waals surface area contributed by atoms with Crippen LogP contribution in [0.15, 0.2) is 23.1 Å². The number of hydrogen-bond donors (Lipinski definition) is 0. The van der Waals surface area contributed by atoms with Gasteiger partial charge < -0.3 is 14.2 Å². The Morgan fingerprint density at radius 1 is 1.29 bits per heavy atom. The highest BCUT2D eigenvalue weighted by molar-refractivity contribution is 7.89. The first-order chi connectivity index (χ1) is 9.74. The predicted molar refractivity (Wildman–Crippen MR) is 78.1 cm³/mol. The Labute approximate surface area is 125 Å². The highest BCUT2D eigenvalue weighted by Gasteiger charge is 2.47. The van der Waals surface area contributed by atoms with Gasteiger partial charge >= 0.3 is 0 Å². The van der Waals surface area contributed by atoms with Crippen LogP contribution < -0.4 is 9.47 Å². The number of rotatable bonds is 4. The lowest BCUT2D eigenvalue weighted by Crippen LogP contribution is -2.47. The van der Waals surface area contributed by atoms with Gasteiger partial charge in [0.2, 0.25) is 10.0 Å². The molecule has 1 aromatic rings. The minimum absolute atomic E-state index is 0.108. The summed E-state index contributed by atoms with van der Waals surface area (Å²) >= 11 is 0. The van der Waals surface area contributed by atoms with Crippen LogP contribution in [-0.2, 0) is 14.8 Å². The molecule has 0 spiro atoms. The van der Waals surface area contributed by atoms with Crippen LogP contribution in [0.1, 0.15) is 20.8 Å². The second-order valence-electron chi connectivity index (χ2n) is 5.54. The van der Waals surface area contributed by atoms with Crippen molar-refractivity contribution >= 4 is 10.0 Å². The maximum Gasteiger partial charge on any atom is 0.249 e. The van der Waals surface area contributed by atoms with Gasteiger partial charge in [-0.2, -0.15) is 4.31 Å². The van der Waals surface area contributed by atoms with Crippen LogP contribution in [0.3, 0.4) is 0 Å². The molecule has 1 fully saturated rings. The fraction of sp³-hybridized carbons (Fsp3) is 0.571. The fourth-order valence-corrected chi connectivity index (χ4v) is 4.57. The molecule has 118 valence electrons. The summed E-state index contributed by atoms with van der Waals surface area (Å²) < 4.78 is 43.1. The molecule has 1 atom stereocenters. The van der Waals surface area contributed by atoms with Gasteiger partial charge in [-0.15, -0.1) is 0 Å². The molecule has 1 unspecified atom stereocenters. The summed E-state index contributed by atoms with van der Waals surface area (Å²) in [5, 5.41) is 0. The smallest absolute Gasteiger partial charge is 0.249 e. The van der Waals surface area contributed by atoms with Crippen molar-refractivity contribution in [2.24, 2.45) is 0 Å². The zero-order valence-corrected chi connectivity index (χ0v) is 13.7. The van der Waals surface area contributed by atoms with Crippen LogP contribution >= 0.6 is 0 Å². The highest BCUT2D eigenvalue weighted by atomic mass is 32.2. The fourth-order valence-electron chi connectivity index (χ4n) is 2.56. The van der Waals surface area contributed by atoms with E-state index in [-0.39, 0.29) is 10.6 Å². The monoisotopic (exact) mass is 315 g/mol. The number of ether oxygens (including phenoxy) is 3. The maximum absolute atomic E-state index is 13.0. The highest BCUT2D eigenvalue weighted by Crippen LogP contribution is 2.37. The van der Waals surface area contributed by atoms with Gasteiger partial charge in [-0.3, -0.25) is 0 Å². The Morgan fingerprint density at radius 3 is 2.43 bits per heavy atom. The Bertz CT molecular complexity index is 626. The van der Waals surface area contributed by atoms with Crippen molar-refractivity contribution in [2.45, 2.75) is 37.4 Å². The molecule has 2 rings (SSSR count). The van der Waals surface area contributed by atoms with Crippen molar-refractivity contribution in [1.82, 2.24) is 4.31 Å². The third kappa shape index (κ3) is 2.73. The number of sulfonamides is 1. The molecular formula is C14H21NO5S. The first kappa shape index (κ1) is 16.1. The van der Waals surface area contributed by atoms with E-state index in [1.165, 1.54) is 24.6 Å². The van der Waals surface area contributed by atoms with Crippen LogP contribution in [0, 0.1) is 0 Å². The topological polar surface area (TPSA) is 65.1 Å². The van der Waals surface area contributed by atoms with Gasteiger partial charge in [0.25, 0.3) is 0 Å². The summed E-state index contributed by atoms with van der Waals surface area (Å²) in [6, 6.07) is 4.65. The zero-order chi connectivity index (χ0) is 15.8. The van der Waals surface area contributed by atoms with Crippen LogP contribution in [0.25, 0.3) is 0 Å². The van der Waals surface area contributed by atoms with Crippen LogP contribution in [0.5, 0.6) is 11.5 Å². The van der Waals surface area contributed by atoms with E-state index in [1.807, 2.05) is 13.8 Å². The quantitative estimate of drug-likeness (QED) is 0.848. The van der Waals surface area contributed by atoms with E-state index in [1.54, 1.807) is 19.1 Å². The van der Waals surface area contributed by atoms with Crippen LogP contribution in [-0.4, -0.2) is 45.3 Å². The summed E-state index contributed by atoms with van der Waals surface area (Å²) in [4.78, 5) is 0.108.